The van der Waals surface area contributed by atoms with Crippen molar-refractivity contribution in [3.8, 4) is 11.1 Å². The minimum atomic E-state index is 0.903. The van der Waals surface area contributed by atoms with E-state index in [1.807, 2.05) is 0 Å². The smallest absolute Gasteiger partial charge is 0.0178 e. The SMILES string of the molecule is C=C(CCC1CCCC(CC)CC1)c1cccc(-c2cc(CC)cc(CC)c2)c1. The minimum Gasteiger partial charge on any atom is -0.0952 e. The molecule has 0 aromatic heterocycles. The molecule has 2 unspecified atom stereocenters. The van der Waals surface area contributed by atoms with Crippen molar-refractivity contribution >= 4 is 5.57 Å². The zero-order valence-corrected chi connectivity index (χ0v) is 19.0. The van der Waals surface area contributed by atoms with E-state index in [1.165, 1.54) is 78.3 Å². The molecule has 0 N–H and O–H groups in total. The first-order valence-electron chi connectivity index (χ1n) is 12.0. The first kappa shape index (κ1) is 21.9. The van der Waals surface area contributed by atoms with Crippen molar-refractivity contribution in [3.63, 3.8) is 0 Å². The predicted octanol–water partition coefficient (Wildman–Crippen LogP) is 8.88. The van der Waals surface area contributed by atoms with Crippen LogP contribution in [0, 0.1) is 11.8 Å². The molecular weight excluding hydrogens is 348 g/mol. The molecule has 0 radical (unpaired) electrons. The number of allylic oxidation sites excluding steroid dienone is 1. The number of benzene rings is 2. The van der Waals surface area contributed by atoms with E-state index < -0.39 is 0 Å². The van der Waals surface area contributed by atoms with Crippen molar-refractivity contribution in [2.45, 2.75) is 85.0 Å². The Bertz CT molecular complexity index is 775. The van der Waals surface area contributed by atoms with Crippen LogP contribution in [0.1, 0.15) is 88.8 Å². The summed E-state index contributed by atoms with van der Waals surface area (Å²) < 4.78 is 0. The first-order chi connectivity index (χ1) is 14.1. The van der Waals surface area contributed by atoms with Gasteiger partial charge in [-0.15, -0.1) is 0 Å². The van der Waals surface area contributed by atoms with E-state index in [4.69, 9.17) is 0 Å². The third-order valence-corrected chi connectivity index (χ3v) is 7.11. The Morgan fingerprint density at radius 3 is 2.21 bits per heavy atom. The lowest BCUT2D eigenvalue weighted by Gasteiger charge is -2.16. The zero-order valence-electron chi connectivity index (χ0n) is 19.0. The second-order valence-corrected chi connectivity index (χ2v) is 9.12. The van der Waals surface area contributed by atoms with Crippen LogP contribution in [0.5, 0.6) is 0 Å². The Morgan fingerprint density at radius 2 is 1.52 bits per heavy atom. The first-order valence-corrected chi connectivity index (χ1v) is 12.0. The van der Waals surface area contributed by atoms with Crippen LogP contribution in [0.4, 0.5) is 0 Å². The van der Waals surface area contributed by atoms with Gasteiger partial charge in [-0.1, -0.05) is 102 Å². The van der Waals surface area contributed by atoms with Crippen LogP contribution in [0.25, 0.3) is 16.7 Å². The standard InChI is InChI=1S/C29H40/c1-5-23-10-8-11-26(17-16-23)15-14-22(4)27-12-9-13-28(21-27)29-19-24(6-2)18-25(7-3)20-29/h9,12-13,18-21,23,26H,4-8,10-11,14-17H2,1-3H3. The molecule has 0 bridgehead atoms. The monoisotopic (exact) mass is 388 g/mol. The van der Waals surface area contributed by atoms with Gasteiger partial charge in [0.2, 0.25) is 0 Å². The minimum absolute atomic E-state index is 0.903. The van der Waals surface area contributed by atoms with Gasteiger partial charge < -0.3 is 0 Å². The zero-order chi connectivity index (χ0) is 20.6. The molecule has 156 valence electrons. The highest BCUT2D eigenvalue weighted by Gasteiger charge is 2.18. The van der Waals surface area contributed by atoms with E-state index in [2.05, 4.69) is 69.8 Å². The molecule has 0 nitrogen and oxygen atoms in total. The van der Waals surface area contributed by atoms with E-state index in [9.17, 15) is 0 Å². The molecule has 0 heteroatoms. The molecule has 0 heterocycles. The highest BCUT2D eigenvalue weighted by atomic mass is 14.2. The molecular formula is C29H40. The van der Waals surface area contributed by atoms with Crippen LogP contribution in [0.2, 0.25) is 0 Å². The van der Waals surface area contributed by atoms with Gasteiger partial charge in [0, 0.05) is 0 Å². The van der Waals surface area contributed by atoms with Gasteiger partial charge in [-0.25, -0.2) is 0 Å². The molecule has 1 fully saturated rings. The number of hydrogen-bond donors (Lipinski definition) is 0. The van der Waals surface area contributed by atoms with Gasteiger partial charge in [0.05, 0.1) is 0 Å². The van der Waals surface area contributed by atoms with E-state index >= 15 is 0 Å². The number of hydrogen-bond acceptors (Lipinski definition) is 0. The maximum absolute atomic E-state index is 4.47. The maximum atomic E-state index is 4.47. The summed E-state index contributed by atoms with van der Waals surface area (Å²) >= 11 is 0. The van der Waals surface area contributed by atoms with Crippen LogP contribution in [-0.4, -0.2) is 0 Å². The molecule has 3 rings (SSSR count). The van der Waals surface area contributed by atoms with Crippen molar-refractivity contribution in [1.82, 2.24) is 0 Å². The van der Waals surface area contributed by atoms with E-state index in [-0.39, 0.29) is 0 Å². The fourth-order valence-corrected chi connectivity index (χ4v) is 4.93. The summed E-state index contributed by atoms with van der Waals surface area (Å²) in [5, 5.41) is 0. The molecule has 1 aliphatic carbocycles. The Balaban J connectivity index is 1.67. The summed E-state index contributed by atoms with van der Waals surface area (Å²) in [6, 6.07) is 16.1. The Morgan fingerprint density at radius 1 is 0.828 bits per heavy atom. The van der Waals surface area contributed by atoms with E-state index in [0.717, 1.165) is 31.1 Å². The van der Waals surface area contributed by atoms with Crippen LogP contribution in [0.3, 0.4) is 0 Å². The molecule has 2 atom stereocenters. The third kappa shape index (κ3) is 6.08. The highest BCUT2D eigenvalue weighted by Crippen LogP contribution is 2.34. The van der Waals surface area contributed by atoms with Crippen LogP contribution in [-0.2, 0) is 12.8 Å². The predicted molar refractivity (Wildman–Crippen MR) is 129 cm³/mol. The molecule has 0 aliphatic heterocycles. The lowest BCUT2D eigenvalue weighted by atomic mass is 9.89. The third-order valence-electron chi connectivity index (χ3n) is 7.11. The van der Waals surface area contributed by atoms with E-state index in [0.29, 0.717) is 0 Å². The van der Waals surface area contributed by atoms with Gasteiger partial charge in [-0.3, -0.25) is 0 Å². The maximum Gasteiger partial charge on any atom is -0.0178 e. The highest BCUT2D eigenvalue weighted by molar-refractivity contribution is 5.72. The van der Waals surface area contributed by atoms with Crippen molar-refractivity contribution in [2.75, 3.05) is 0 Å². The Hall–Kier alpha value is -1.82. The average Bonchev–Trinajstić information content (AvgIpc) is 3.02. The molecule has 0 saturated heterocycles. The topological polar surface area (TPSA) is 0 Å². The average molecular weight is 389 g/mol. The quantitative estimate of drug-likeness (QED) is 0.396. The van der Waals surface area contributed by atoms with Crippen molar-refractivity contribution in [2.24, 2.45) is 11.8 Å². The molecule has 2 aromatic carbocycles. The molecule has 29 heavy (non-hydrogen) atoms. The van der Waals surface area contributed by atoms with Crippen molar-refractivity contribution in [1.29, 1.82) is 0 Å². The lowest BCUT2D eigenvalue weighted by Crippen LogP contribution is -2.00. The van der Waals surface area contributed by atoms with Crippen molar-refractivity contribution in [3.05, 3.63) is 65.7 Å². The Labute approximate surface area is 179 Å². The molecule has 1 saturated carbocycles. The van der Waals surface area contributed by atoms with Gasteiger partial charge in [-0.2, -0.15) is 0 Å². The summed E-state index contributed by atoms with van der Waals surface area (Å²) in [6.45, 7) is 11.3. The normalized spacial score (nSPS) is 19.7. The summed E-state index contributed by atoms with van der Waals surface area (Å²) in [5.74, 6) is 1.88. The van der Waals surface area contributed by atoms with Gasteiger partial charge in [-0.05, 0) is 77.0 Å². The summed E-state index contributed by atoms with van der Waals surface area (Å²) in [7, 11) is 0. The van der Waals surface area contributed by atoms with Crippen LogP contribution >= 0.6 is 0 Å². The summed E-state index contributed by atoms with van der Waals surface area (Å²) in [6.07, 6.45) is 13.2. The van der Waals surface area contributed by atoms with Gasteiger partial charge in [0.15, 0.2) is 0 Å². The van der Waals surface area contributed by atoms with Gasteiger partial charge >= 0.3 is 0 Å². The van der Waals surface area contributed by atoms with Gasteiger partial charge in [0.25, 0.3) is 0 Å². The fraction of sp³-hybridized carbons (Fsp3) is 0.517. The van der Waals surface area contributed by atoms with Crippen LogP contribution < -0.4 is 0 Å². The van der Waals surface area contributed by atoms with Crippen molar-refractivity contribution < 1.29 is 0 Å². The fourth-order valence-electron chi connectivity index (χ4n) is 4.93. The number of aryl methyl sites for hydroxylation is 2. The largest absolute Gasteiger partial charge is 0.0952 e. The van der Waals surface area contributed by atoms with E-state index in [1.54, 1.807) is 0 Å². The summed E-state index contributed by atoms with van der Waals surface area (Å²) in [4.78, 5) is 0. The second kappa shape index (κ2) is 10.8. The molecule has 2 aromatic rings. The van der Waals surface area contributed by atoms with Crippen LogP contribution in [0.15, 0.2) is 49.0 Å². The molecule has 0 spiro atoms. The molecule has 1 aliphatic rings. The lowest BCUT2D eigenvalue weighted by molar-refractivity contribution is 0.409. The Kier molecular flexibility index (Phi) is 8.16. The molecule has 0 amide bonds. The second-order valence-electron chi connectivity index (χ2n) is 9.12. The summed E-state index contributed by atoms with van der Waals surface area (Å²) in [5.41, 5.74) is 8.18. The van der Waals surface area contributed by atoms with Gasteiger partial charge in [0.1, 0.15) is 0 Å². The number of rotatable bonds is 8.